The number of aliphatic hydroxyl groups excluding tert-OH is 1. The van der Waals surface area contributed by atoms with Gasteiger partial charge in [0, 0.05) is 14.2 Å². The van der Waals surface area contributed by atoms with E-state index in [1.165, 1.54) is 0 Å². The summed E-state index contributed by atoms with van der Waals surface area (Å²) >= 11 is 0. The van der Waals surface area contributed by atoms with Crippen LogP contribution in [0.3, 0.4) is 0 Å². The molecule has 3 aromatic rings. The molecule has 1 aliphatic carbocycles. The first-order chi connectivity index (χ1) is 12.7. The highest BCUT2D eigenvalue weighted by Crippen LogP contribution is 2.56. The molecule has 0 fully saturated rings. The van der Waals surface area contributed by atoms with Crippen molar-refractivity contribution in [3.63, 3.8) is 0 Å². The fraction of sp³-hybridized carbons (Fsp3) is 0.217. The minimum Gasteiger partial charge on any atom is -0.386 e. The smallest absolute Gasteiger partial charge is 0.147 e. The minimum absolute atomic E-state index is 0.900. The third kappa shape index (κ3) is 2.05. The van der Waals surface area contributed by atoms with Crippen molar-refractivity contribution in [3.8, 4) is 0 Å². The number of benzene rings is 3. The molecule has 0 saturated heterocycles. The first-order valence-electron chi connectivity index (χ1n) is 8.71. The summed E-state index contributed by atoms with van der Waals surface area (Å²) in [5.41, 5.74) is 1.63. The average molecular weight is 346 g/mol. The van der Waals surface area contributed by atoms with E-state index in [-0.39, 0.29) is 0 Å². The van der Waals surface area contributed by atoms with Gasteiger partial charge in [0.2, 0.25) is 0 Å². The maximum Gasteiger partial charge on any atom is 0.147 e. The third-order valence-corrected chi connectivity index (χ3v) is 5.55. The molecule has 0 heterocycles. The highest BCUT2D eigenvalue weighted by atomic mass is 16.5. The van der Waals surface area contributed by atoms with Crippen LogP contribution in [0.2, 0.25) is 0 Å². The van der Waals surface area contributed by atoms with Crippen LogP contribution in [-0.2, 0) is 20.7 Å². The molecule has 0 amide bonds. The number of rotatable bonds is 4. The van der Waals surface area contributed by atoms with Crippen LogP contribution in [0.4, 0.5) is 0 Å². The molecule has 3 atom stereocenters. The molecule has 0 aliphatic heterocycles. The molecular weight excluding hydrogens is 324 g/mol. The number of hydrogen-bond acceptors (Lipinski definition) is 3. The molecule has 0 spiro atoms. The monoisotopic (exact) mass is 346 g/mol. The van der Waals surface area contributed by atoms with E-state index in [1.54, 1.807) is 14.2 Å². The molecule has 0 saturated carbocycles. The molecule has 4 rings (SSSR count). The molecule has 1 N–H and O–H groups in total. The lowest BCUT2D eigenvalue weighted by Gasteiger charge is -2.39. The normalized spacial score (nSPS) is 27.3. The average Bonchev–Trinajstić information content (AvgIpc) is 2.95. The van der Waals surface area contributed by atoms with E-state index < -0.39 is 17.3 Å². The van der Waals surface area contributed by atoms with Gasteiger partial charge in [-0.1, -0.05) is 84.9 Å². The Morgan fingerprint density at radius 3 is 1.31 bits per heavy atom. The highest BCUT2D eigenvalue weighted by molar-refractivity contribution is 5.56. The number of fused-ring (bicyclic) bond motifs is 1. The summed E-state index contributed by atoms with van der Waals surface area (Å²) in [5, 5.41) is 11.7. The fourth-order valence-corrected chi connectivity index (χ4v) is 4.39. The molecule has 0 bridgehead atoms. The summed E-state index contributed by atoms with van der Waals surface area (Å²) in [6.07, 6.45) is -0.952. The zero-order chi connectivity index (χ0) is 18.2. The Labute approximate surface area is 153 Å². The second kappa shape index (κ2) is 6.36. The van der Waals surface area contributed by atoms with Crippen LogP contribution in [0.1, 0.15) is 22.3 Å². The lowest BCUT2D eigenvalue weighted by atomic mass is 9.81. The Morgan fingerprint density at radius 1 is 0.615 bits per heavy atom. The third-order valence-electron chi connectivity index (χ3n) is 5.55. The molecular formula is C23H22O3. The summed E-state index contributed by atoms with van der Waals surface area (Å²) in [6.45, 7) is 0. The van der Waals surface area contributed by atoms with Gasteiger partial charge in [-0.15, -0.1) is 0 Å². The van der Waals surface area contributed by atoms with E-state index in [2.05, 4.69) is 0 Å². The summed E-state index contributed by atoms with van der Waals surface area (Å²) in [7, 11) is 3.29. The quantitative estimate of drug-likeness (QED) is 0.780. The van der Waals surface area contributed by atoms with E-state index in [0.717, 1.165) is 22.3 Å². The molecule has 3 heteroatoms. The Hall–Kier alpha value is -2.46. The topological polar surface area (TPSA) is 38.7 Å². The van der Waals surface area contributed by atoms with Gasteiger partial charge in [0.15, 0.2) is 0 Å². The predicted molar refractivity (Wildman–Crippen MR) is 101 cm³/mol. The van der Waals surface area contributed by atoms with E-state index in [1.807, 2.05) is 84.9 Å². The van der Waals surface area contributed by atoms with Crippen molar-refractivity contribution in [3.05, 3.63) is 107 Å². The van der Waals surface area contributed by atoms with Gasteiger partial charge < -0.3 is 14.6 Å². The summed E-state index contributed by atoms with van der Waals surface area (Å²) < 4.78 is 12.1. The molecule has 0 radical (unpaired) electrons. The van der Waals surface area contributed by atoms with E-state index >= 15 is 0 Å². The summed E-state index contributed by atoms with van der Waals surface area (Å²) in [6, 6.07) is 27.7. The lowest BCUT2D eigenvalue weighted by molar-refractivity contribution is -0.153. The van der Waals surface area contributed by atoms with Crippen molar-refractivity contribution in [2.75, 3.05) is 14.2 Å². The van der Waals surface area contributed by atoms with Crippen LogP contribution < -0.4 is 0 Å². The standard InChI is InChI=1S/C23H22O3/c1-25-22(17-11-5-3-6-12-17)19-15-9-10-16-20(19)23(26-2,21(22)24)18-13-7-4-8-14-18/h3-16,21,24H,1-2H3/t21?,22-,23+. The molecule has 1 aliphatic rings. The van der Waals surface area contributed by atoms with E-state index in [4.69, 9.17) is 9.47 Å². The van der Waals surface area contributed by atoms with Crippen molar-refractivity contribution >= 4 is 0 Å². The van der Waals surface area contributed by atoms with Crippen molar-refractivity contribution in [2.24, 2.45) is 0 Å². The van der Waals surface area contributed by atoms with Crippen molar-refractivity contribution in [1.82, 2.24) is 0 Å². The Balaban J connectivity index is 2.06. The Kier molecular flexibility index (Phi) is 4.16. The summed E-state index contributed by atoms with van der Waals surface area (Å²) in [4.78, 5) is 0. The second-order valence-corrected chi connectivity index (χ2v) is 6.56. The number of ether oxygens (including phenoxy) is 2. The van der Waals surface area contributed by atoms with Gasteiger partial charge in [-0.3, -0.25) is 0 Å². The maximum absolute atomic E-state index is 11.7. The zero-order valence-electron chi connectivity index (χ0n) is 14.9. The maximum atomic E-state index is 11.7. The molecule has 0 aromatic heterocycles. The molecule has 1 unspecified atom stereocenters. The Bertz CT molecular complexity index is 819. The van der Waals surface area contributed by atoms with Gasteiger partial charge >= 0.3 is 0 Å². The summed E-state index contributed by atoms with van der Waals surface area (Å²) in [5.74, 6) is 0. The van der Waals surface area contributed by atoms with Crippen LogP contribution in [0.25, 0.3) is 0 Å². The van der Waals surface area contributed by atoms with Crippen molar-refractivity contribution in [1.29, 1.82) is 0 Å². The molecule has 3 nitrogen and oxygen atoms in total. The molecule has 26 heavy (non-hydrogen) atoms. The number of methoxy groups -OCH3 is 2. The molecule has 132 valence electrons. The van der Waals surface area contributed by atoms with Crippen LogP contribution >= 0.6 is 0 Å². The SMILES string of the molecule is CO[C@]1(c2ccccc2)c2ccccc2[C@@](OC)(c2ccccc2)C1O. The van der Waals surface area contributed by atoms with Gasteiger partial charge in [-0.05, 0) is 22.3 Å². The zero-order valence-corrected chi connectivity index (χ0v) is 14.9. The van der Waals surface area contributed by atoms with Crippen LogP contribution in [0.5, 0.6) is 0 Å². The first kappa shape index (κ1) is 17.0. The number of aliphatic hydroxyl groups is 1. The van der Waals surface area contributed by atoms with Crippen molar-refractivity contribution in [2.45, 2.75) is 17.3 Å². The largest absolute Gasteiger partial charge is 0.386 e. The van der Waals surface area contributed by atoms with Crippen LogP contribution in [0.15, 0.2) is 84.9 Å². The second-order valence-electron chi connectivity index (χ2n) is 6.56. The predicted octanol–water partition coefficient (Wildman–Crippen LogP) is 3.84. The lowest BCUT2D eigenvalue weighted by Crippen LogP contribution is -2.49. The van der Waals surface area contributed by atoms with Gasteiger partial charge in [-0.25, -0.2) is 0 Å². The van der Waals surface area contributed by atoms with Crippen LogP contribution in [0, 0.1) is 0 Å². The van der Waals surface area contributed by atoms with Crippen molar-refractivity contribution < 1.29 is 14.6 Å². The molecule has 3 aromatic carbocycles. The minimum atomic E-state index is -1.01. The van der Waals surface area contributed by atoms with Gasteiger partial charge in [0.1, 0.15) is 17.3 Å². The fourth-order valence-electron chi connectivity index (χ4n) is 4.39. The van der Waals surface area contributed by atoms with E-state index in [9.17, 15) is 5.11 Å². The van der Waals surface area contributed by atoms with Gasteiger partial charge in [-0.2, -0.15) is 0 Å². The Morgan fingerprint density at radius 2 is 0.962 bits per heavy atom. The number of hydrogen-bond donors (Lipinski definition) is 1. The first-order valence-corrected chi connectivity index (χ1v) is 8.71. The highest BCUT2D eigenvalue weighted by Gasteiger charge is 2.62. The van der Waals surface area contributed by atoms with Gasteiger partial charge in [0.05, 0.1) is 0 Å². The van der Waals surface area contributed by atoms with E-state index in [0.29, 0.717) is 0 Å². The van der Waals surface area contributed by atoms with Gasteiger partial charge in [0.25, 0.3) is 0 Å². The van der Waals surface area contributed by atoms with Crippen LogP contribution in [-0.4, -0.2) is 25.4 Å².